The van der Waals surface area contributed by atoms with Crippen molar-refractivity contribution in [3.63, 3.8) is 0 Å². The van der Waals surface area contributed by atoms with Crippen LogP contribution in [0.25, 0.3) is 17.0 Å². The average molecular weight is 553 g/mol. The van der Waals surface area contributed by atoms with Gasteiger partial charge in [-0.15, -0.1) is 0 Å². The molecule has 5 rings (SSSR count). The maximum absolute atomic E-state index is 13.7. The molecule has 0 atom stereocenters. The number of aryl methyl sites for hydroxylation is 1. The third-order valence-corrected chi connectivity index (χ3v) is 7.25. The van der Waals surface area contributed by atoms with Crippen molar-refractivity contribution in [3.8, 4) is 11.3 Å². The molecule has 0 bridgehead atoms. The van der Waals surface area contributed by atoms with Gasteiger partial charge in [0.05, 0.1) is 23.0 Å². The van der Waals surface area contributed by atoms with Crippen molar-refractivity contribution in [3.05, 3.63) is 108 Å². The molecule has 1 aliphatic rings. The molecule has 8 heteroatoms. The lowest BCUT2D eigenvalue weighted by Crippen LogP contribution is -2.29. The number of amides is 1. The number of aromatic nitrogens is 2. The summed E-state index contributed by atoms with van der Waals surface area (Å²) >= 11 is 0. The molecular weight excluding hydrogens is 519 g/mol. The van der Waals surface area contributed by atoms with Crippen LogP contribution >= 0.6 is 0 Å². The Hall–Kier alpha value is -4.72. The SMILES string of the molecule is C=C(Nc1ccc2c(c1)N(C(=O)CCc1ccc(C(=O)O)cc1)CC2)c1cnn(C(C)(C)C)c1-c1ccc(F)cc1. The van der Waals surface area contributed by atoms with Gasteiger partial charge < -0.3 is 15.3 Å². The standard InChI is InChI=1S/C33H33FN4O3/c1-21(28-20-35-38(33(2,3)4)31(28)24-10-13-26(34)14-11-24)36-27-15-12-23-17-18-37(29(23)19-27)30(39)16-7-22-5-8-25(9-6-22)32(40)41/h5-6,8-15,19-20,36H,1,7,16-18H2,2-4H3,(H,40,41). The second kappa shape index (κ2) is 11.0. The van der Waals surface area contributed by atoms with Gasteiger partial charge in [-0.3, -0.25) is 9.48 Å². The highest BCUT2D eigenvalue weighted by Crippen LogP contribution is 2.35. The number of carbonyl (C=O) groups is 2. The van der Waals surface area contributed by atoms with Crippen LogP contribution < -0.4 is 10.2 Å². The molecule has 0 unspecified atom stereocenters. The first-order valence-electron chi connectivity index (χ1n) is 13.6. The number of carboxylic acid groups (broad SMARTS) is 1. The third kappa shape index (κ3) is 5.91. The molecular formula is C33H33FN4O3. The summed E-state index contributed by atoms with van der Waals surface area (Å²) in [5.74, 6) is -1.25. The number of nitrogens with one attached hydrogen (secondary N) is 1. The summed E-state index contributed by atoms with van der Waals surface area (Å²) in [6.45, 7) is 11.1. The van der Waals surface area contributed by atoms with Gasteiger partial charge >= 0.3 is 5.97 Å². The predicted molar refractivity (Wildman–Crippen MR) is 159 cm³/mol. The minimum absolute atomic E-state index is 0.0205. The number of anilines is 2. The highest BCUT2D eigenvalue weighted by Gasteiger charge is 2.26. The molecule has 3 aromatic carbocycles. The maximum Gasteiger partial charge on any atom is 0.335 e. The van der Waals surface area contributed by atoms with Gasteiger partial charge in [0.15, 0.2) is 0 Å². The lowest BCUT2D eigenvalue weighted by Gasteiger charge is -2.23. The van der Waals surface area contributed by atoms with Crippen LogP contribution in [0.1, 0.15) is 54.2 Å². The molecule has 1 aliphatic heterocycles. The van der Waals surface area contributed by atoms with Crippen molar-refractivity contribution >= 4 is 28.9 Å². The van der Waals surface area contributed by atoms with Crippen LogP contribution in [0.2, 0.25) is 0 Å². The molecule has 41 heavy (non-hydrogen) atoms. The van der Waals surface area contributed by atoms with Crippen molar-refractivity contribution in [2.75, 3.05) is 16.8 Å². The summed E-state index contributed by atoms with van der Waals surface area (Å²) in [6, 6.07) is 19.0. The number of aromatic carboxylic acids is 1. The molecule has 210 valence electrons. The Bertz CT molecular complexity index is 1620. The number of halogens is 1. The fourth-order valence-electron chi connectivity index (χ4n) is 5.12. The van der Waals surface area contributed by atoms with E-state index in [1.54, 1.807) is 42.6 Å². The minimum atomic E-state index is -0.969. The zero-order chi connectivity index (χ0) is 29.3. The van der Waals surface area contributed by atoms with Gasteiger partial charge in [0.1, 0.15) is 5.82 Å². The van der Waals surface area contributed by atoms with Crippen molar-refractivity contribution < 1.29 is 19.1 Å². The first-order valence-corrected chi connectivity index (χ1v) is 13.6. The summed E-state index contributed by atoms with van der Waals surface area (Å²) < 4.78 is 15.6. The fraction of sp³-hybridized carbons (Fsp3) is 0.242. The number of benzene rings is 3. The van der Waals surface area contributed by atoms with Crippen LogP contribution in [0.4, 0.5) is 15.8 Å². The van der Waals surface area contributed by atoms with Gasteiger partial charge in [-0.1, -0.05) is 24.8 Å². The number of fused-ring (bicyclic) bond motifs is 1. The first kappa shape index (κ1) is 27.8. The van der Waals surface area contributed by atoms with Gasteiger partial charge in [-0.05, 0) is 93.3 Å². The van der Waals surface area contributed by atoms with E-state index in [0.717, 1.165) is 45.7 Å². The Balaban J connectivity index is 1.34. The van der Waals surface area contributed by atoms with E-state index in [1.807, 2.05) is 27.8 Å². The van der Waals surface area contributed by atoms with E-state index in [0.29, 0.717) is 25.1 Å². The zero-order valence-electron chi connectivity index (χ0n) is 23.4. The molecule has 0 saturated heterocycles. The van der Waals surface area contributed by atoms with Gasteiger partial charge in [-0.25, -0.2) is 9.18 Å². The molecule has 2 N–H and O–H groups in total. The van der Waals surface area contributed by atoms with Crippen LogP contribution in [-0.2, 0) is 23.2 Å². The number of rotatable bonds is 8. The van der Waals surface area contributed by atoms with E-state index in [-0.39, 0.29) is 22.8 Å². The summed E-state index contributed by atoms with van der Waals surface area (Å²) in [6.07, 6.45) is 3.40. The van der Waals surface area contributed by atoms with Gasteiger partial charge in [0.2, 0.25) is 5.91 Å². The van der Waals surface area contributed by atoms with E-state index in [4.69, 9.17) is 5.11 Å². The first-order chi connectivity index (χ1) is 19.5. The Morgan fingerprint density at radius 2 is 1.76 bits per heavy atom. The molecule has 7 nitrogen and oxygen atoms in total. The largest absolute Gasteiger partial charge is 0.478 e. The number of nitrogens with zero attached hydrogens (tertiary/aromatic N) is 3. The van der Waals surface area contributed by atoms with Gasteiger partial charge in [0.25, 0.3) is 0 Å². The molecule has 0 radical (unpaired) electrons. The van der Waals surface area contributed by atoms with Gasteiger partial charge in [0, 0.05) is 41.2 Å². The number of carbonyl (C=O) groups excluding carboxylic acids is 1. The third-order valence-electron chi connectivity index (χ3n) is 7.25. The monoisotopic (exact) mass is 552 g/mol. The summed E-state index contributed by atoms with van der Waals surface area (Å²) in [7, 11) is 0. The molecule has 0 spiro atoms. The summed E-state index contributed by atoms with van der Waals surface area (Å²) in [4.78, 5) is 26.1. The molecule has 2 heterocycles. The van der Waals surface area contributed by atoms with Crippen LogP contribution in [0, 0.1) is 5.82 Å². The van der Waals surface area contributed by atoms with Crippen LogP contribution in [0.5, 0.6) is 0 Å². The lowest BCUT2D eigenvalue weighted by atomic mass is 10.0. The van der Waals surface area contributed by atoms with Crippen molar-refractivity contribution in [2.24, 2.45) is 0 Å². The second-order valence-corrected chi connectivity index (χ2v) is 11.2. The summed E-state index contributed by atoms with van der Waals surface area (Å²) in [5, 5.41) is 17.1. The van der Waals surface area contributed by atoms with E-state index in [9.17, 15) is 14.0 Å². The molecule has 0 saturated carbocycles. The quantitative estimate of drug-likeness (QED) is 0.253. The average Bonchev–Trinajstić information content (AvgIpc) is 3.57. The molecule has 0 fully saturated rings. The fourth-order valence-corrected chi connectivity index (χ4v) is 5.12. The van der Waals surface area contributed by atoms with Crippen molar-refractivity contribution in [2.45, 2.75) is 45.6 Å². The van der Waals surface area contributed by atoms with E-state index in [1.165, 1.54) is 12.1 Å². The van der Waals surface area contributed by atoms with Crippen molar-refractivity contribution in [1.82, 2.24) is 9.78 Å². The van der Waals surface area contributed by atoms with Crippen LogP contribution in [0.15, 0.2) is 79.5 Å². The number of carboxylic acids is 1. The summed E-state index contributed by atoms with van der Waals surface area (Å²) in [5.41, 5.74) is 6.72. The molecule has 0 aliphatic carbocycles. The lowest BCUT2D eigenvalue weighted by molar-refractivity contribution is -0.118. The normalized spacial score (nSPS) is 12.7. The van der Waals surface area contributed by atoms with Crippen molar-refractivity contribution in [1.29, 1.82) is 0 Å². The molecule has 1 amide bonds. The maximum atomic E-state index is 13.7. The Morgan fingerprint density at radius 3 is 2.41 bits per heavy atom. The minimum Gasteiger partial charge on any atom is -0.478 e. The predicted octanol–water partition coefficient (Wildman–Crippen LogP) is 6.75. The molecule has 4 aromatic rings. The second-order valence-electron chi connectivity index (χ2n) is 11.2. The van der Waals surface area contributed by atoms with E-state index >= 15 is 0 Å². The van der Waals surface area contributed by atoms with Crippen LogP contribution in [0.3, 0.4) is 0 Å². The highest BCUT2D eigenvalue weighted by molar-refractivity contribution is 5.96. The number of hydrogen-bond donors (Lipinski definition) is 2. The Labute approximate surface area is 238 Å². The highest BCUT2D eigenvalue weighted by atomic mass is 19.1. The Morgan fingerprint density at radius 1 is 1.05 bits per heavy atom. The van der Waals surface area contributed by atoms with Gasteiger partial charge in [-0.2, -0.15) is 5.10 Å². The smallest absolute Gasteiger partial charge is 0.335 e. The topological polar surface area (TPSA) is 87.5 Å². The van der Waals surface area contributed by atoms with E-state index in [2.05, 4.69) is 37.8 Å². The van der Waals surface area contributed by atoms with E-state index < -0.39 is 5.97 Å². The van der Waals surface area contributed by atoms with Crippen LogP contribution in [-0.4, -0.2) is 33.3 Å². The number of hydrogen-bond acceptors (Lipinski definition) is 4. The Kier molecular flexibility index (Phi) is 7.49. The zero-order valence-corrected chi connectivity index (χ0v) is 23.4. The molecule has 1 aromatic heterocycles.